The number of aromatic amines is 1. The molecule has 2 aromatic heterocycles. The number of rotatable bonds is 2. The summed E-state index contributed by atoms with van der Waals surface area (Å²) in [6.45, 7) is 3.22. The fraction of sp³-hybridized carbons (Fsp3) is 0.417. The smallest absolute Gasteiger partial charge is 0.129 e. The summed E-state index contributed by atoms with van der Waals surface area (Å²) in [6.07, 6.45) is 2.21. The van der Waals surface area contributed by atoms with Gasteiger partial charge in [-0.05, 0) is 19.1 Å². The Morgan fingerprint density at radius 1 is 1.44 bits per heavy atom. The SMILES string of the molecule is Cc1cccc(N2CCC(O)(c3cn[nH]n3)C2)n1. The zero-order chi connectivity index (χ0) is 12.6. The van der Waals surface area contributed by atoms with Gasteiger partial charge in [-0.25, -0.2) is 4.98 Å². The Bertz CT molecular complexity index is 541. The highest BCUT2D eigenvalue weighted by Crippen LogP contribution is 2.32. The molecule has 1 aliphatic heterocycles. The van der Waals surface area contributed by atoms with Crippen LogP contribution in [0.3, 0.4) is 0 Å². The molecule has 1 atom stereocenters. The van der Waals surface area contributed by atoms with E-state index in [0.29, 0.717) is 18.7 Å². The van der Waals surface area contributed by atoms with Crippen molar-refractivity contribution in [3.05, 3.63) is 35.8 Å². The lowest BCUT2D eigenvalue weighted by Gasteiger charge is -2.21. The number of nitrogens with one attached hydrogen (secondary N) is 1. The highest BCUT2D eigenvalue weighted by atomic mass is 16.3. The number of aliphatic hydroxyl groups is 1. The molecule has 6 heteroatoms. The van der Waals surface area contributed by atoms with E-state index in [-0.39, 0.29) is 0 Å². The molecule has 18 heavy (non-hydrogen) atoms. The molecule has 6 nitrogen and oxygen atoms in total. The number of pyridine rings is 1. The van der Waals surface area contributed by atoms with Gasteiger partial charge in [0.25, 0.3) is 0 Å². The van der Waals surface area contributed by atoms with Gasteiger partial charge in [0.05, 0.1) is 12.7 Å². The van der Waals surface area contributed by atoms with Crippen molar-refractivity contribution in [2.24, 2.45) is 0 Å². The minimum atomic E-state index is -0.932. The molecule has 94 valence electrons. The summed E-state index contributed by atoms with van der Waals surface area (Å²) in [5.74, 6) is 0.898. The first kappa shape index (κ1) is 11.2. The minimum absolute atomic E-state index is 0.496. The molecule has 3 heterocycles. The van der Waals surface area contributed by atoms with Gasteiger partial charge in [-0.2, -0.15) is 15.4 Å². The Kier molecular flexibility index (Phi) is 2.52. The van der Waals surface area contributed by atoms with E-state index in [0.717, 1.165) is 18.1 Å². The van der Waals surface area contributed by atoms with E-state index in [9.17, 15) is 5.11 Å². The van der Waals surface area contributed by atoms with Crippen LogP contribution in [0.25, 0.3) is 0 Å². The molecule has 1 saturated heterocycles. The predicted molar refractivity (Wildman–Crippen MR) is 66.1 cm³/mol. The molecule has 2 aromatic rings. The summed E-state index contributed by atoms with van der Waals surface area (Å²) in [4.78, 5) is 6.54. The van der Waals surface area contributed by atoms with Crippen LogP contribution in [0.15, 0.2) is 24.4 Å². The third kappa shape index (κ3) is 1.84. The van der Waals surface area contributed by atoms with Crippen molar-refractivity contribution in [1.82, 2.24) is 20.4 Å². The number of anilines is 1. The van der Waals surface area contributed by atoms with Gasteiger partial charge >= 0.3 is 0 Å². The first-order valence-electron chi connectivity index (χ1n) is 5.95. The van der Waals surface area contributed by atoms with E-state index in [1.54, 1.807) is 6.20 Å². The van der Waals surface area contributed by atoms with E-state index in [2.05, 4.69) is 25.3 Å². The number of hydrogen-bond donors (Lipinski definition) is 2. The lowest BCUT2D eigenvalue weighted by Crippen LogP contribution is -2.31. The molecule has 0 aliphatic carbocycles. The Balaban J connectivity index is 1.83. The van der Waals surface area contributed by atoms with Crippen molar-refractivity contribution in [3.63, 3.8) is 0 Å². The van der Waals surface area contributed by atoms with E-state index in [1.807, 2.05) is 25.1 Å². The summed E-state index contributed by atoms with van der Waals surface area (Å²) < 4.78 is 0. The number of nitrogens with zero attached hydrogens (tertiary/aromatic N) is 4. The van der Waals surface area contributed by atoms with Crippen molar-refractivity contribution in [1.29, 1.82) is 0 Å². The predicted octanol–water partition coefficient (Wildman–Crippen LogP) is 0.606. The van der Waals surface area contributed by atoms with Crippen LogP contribution in [0.1, 0.15) is 17.8 Å². The van der Waals surface area contributed by atoms with Crippen molar-refractivity contribution in [2.45, 2.75) is 18.9 Å². The first-order valence-corrected chi connectivity index (χ1v) is 5.95. The van der Waals surface area contributed by atoms with E-state index in [1.165, 1.54) is 0 Å². The van der Waals surface area contributed by atoms with E-state index >= 15 is 0 Å². The third-order valence-corrected chi connectivity index (χ3v) is 3.34. The quantitative estimate of drug-likeness (QED) is 0.810. The number of aryl methyl sites for hydroxylation is 1. The highest BCUT2D eigenvalue weighted by Gasteiger charge is 2.40. The number of β-amino-alcohol motifs (C(OH)–C–C–N with tert-alkyl or cyclic N) is 1. The van der Waals surface area contributed by atoms with Crippen LogP contribution in [0.5, 0.6) is 0 Å². The van der Waals surface area contributed by atoms with Crippen molar-refractivity contribution >= 4 is 5.82 Å². The van der Waals surface area contributed by atoms with Crippen LogP contribution < -0.4 is 4.90 Å². The Labute approximate surface area is 105 Å². The second kappa shape index (κ2) is 4.06. The fourth-order valence-corrected chi connectivity index (χ4v) is 2.33. The van der Waals surface area contributed by atoms with Crippen molar-refractivity contribution in [2.75, 3.05) is 18.0 Å². The van der Waals surface area contributed by atoms with Crippen LogP contribution in [0, 0.1) is 6.92 Å². The summed E-state index contributed by atoms with van der Waals surface area (Å²) in [6, 6.07) is 5.90. The van der Waals surface area contributed by atoms with Crippen LogP contribution in [0.2, 0.25) is 0 Å². The van der Waals surface area contributed by atoms with Gasteiger partial charge in [0, 0.05) is 18.7 Å². The third-order valence-electron chi connectivity index (χ3n) is 3.34. The van der Waals surface area contributed by atoms with Crippen LogP contribution in [0.4, 0.5) is 5.82 Å². The molecule has 0 aromatic carbocycles. The van der Waals surface area contributed by atoms with Crippen LogP contribution in [-0.4, -0.2) is 38.6 Å². The summed E-state index contributed by atoms with van der Waals surface area (Å²) in [5, 5.41) is 20.8. The largest absolute Gasteiger partial charge is 0.381 e. The molecule has 0 radical (unpaired) electrons. The lowest BCUT2D eigenvalue weighted by molar-refractivity contribution is 0.0559. The van der Waals surface area contributed by atoms with Crippen LogP contribution in [-0.2, 0) is 5.60 Å². The summed E-state index contributed by atoms with van der Waals surface area (Å²) in [7, 11) is 0. The fourth-order valence-electron chi connectivity index (χ4n) is 2.33. The lowest BCUT2D eigenvalue weighted by atomic mass is 10.0. The molecule has 1 aliphatic rings. The zero-order valence-electron chi connectivity index (χ0n) is 10.2. The Hall–Kier alpha value is -1.95. The molecule has 1 fully saturated rings. The molecule has 0 bridgehead atoms. The minimum Gasteiger partial charge on any atom is -0.381 e. The second-order valence-corrected chi connectivity index (χ2v) is 4.70. The number of aromatic nitrogens is 4. The maximum atomic E-state index is 10.6. The molecule has 2 N–H and O–H groups in total. The molecule has 3 rings (SSSR count). The molecular formula is C12H15N5O. The standard InChI is InChI=1S/C12H15N5O/c1-9-3-2-4-11(14-9)17-6-5-12(18,8-17)10-7-13-16-15-10/h2-4,7,18H,5-6,8H2,1H3,(H,13,15,16). The molecule has 0 spiro atoms. The van der Waals surface area contributed by atoms with E-state index < -0.39 is 5.60 Å². The van der Waals surface area contributed by atoms with Gasteiger partial charge in [0.15, 0.2) is 0 Å². The van der Waals surface area contributed by atoms with Gasteiger partial charge in [-0.15, -0.1) is 0 Å². The van der Waals surface area contributed by atoms with Gasteiger partial charge in [0.1, 0.15) is 17.1 Å². The molecule has 1 unspecified atom stereocenters. The van der Waals surface area contributed by atoms with Crippen LogP contribution >= 0.6 is 0 Å². The van der Waals surface area contributed by atoms with E-state index in [4.69, 9.17) is 0 Å². The number of hydrogen-bond acceptors (Lipinski definition) is 5. The molecular weight excluding hydrogens is 230 g/mol. The van der Waals surface area contributed by atoms with Crippen molar-refractivity contribution in [3.8, 4) is 0 Å². The molecule has 0 saturated carbocycles. The van der Waals surface area contributed by atoms with Gasteiger partial charge in [-0.1, -0.05) is 6.07 Å². The zero-order valence-corrected chi connectivity index (χ0v) is 10.2. The monoisotopic (exact) mass is 245 g/mol. The summed E-state index contributed by atoms with van der Waals surface area (Å²) in [5.41, 5.74) is 0.639. The van der Waals surface area contributed by atoms with Gasteiger partial charge < -0.3 is 10.0 Å². The topological polar surface area (TPSA) is 77.9 Å². The summed E-state index contributed by atoms with van der Waals surface area (Å²) >= 11 is 0. The Morgan fingerprint density at radius 2 is 2.33 bits per heavy atom. The highest BCUT2D eigenvalue weighted by molar-refractivity contribution is 5.42. The van der Waals surface area contributed by atoms with Gasteiger partial charge in [-0.3, -0.25) is 0 Å². The Morgan fingerprint density at radius 3 is 3.06 bits per heavy atom. The van der Waals surface area contributed by atoms with Crippen molar-refractivity contribution < 1.29 is 5.11 Å². The number of H-pyrrole nitrogens is 1. The maximum Gasteiger partial charge on any atom is 0.129 e. The van der Waals surface area contributed by atoms with Gasteiger partial charge in [0.2, 0.25) is 0 Å². The average Bonchev–Trinajstić information content (AvgIpc) is 2.98. The molecule has 0 amide bonds. The maximum absolute atomic E-state index is 10.6. The average molecular weight is 245 g/mol. The normalized spacial score (nSPS) is 23.6. The second-order valence-electron chi connectivity index (χ2n) is 4.70. The first-order chi connectivity index (χ1) is 8.67.